The van der Waals surface area contributed by atoms with Gasteiger partial charge in [-0.1, -0.05) is 12.1 Å². The van der Waals surface area contributed by atoms with Crippen LogP contribution in [0, 0.1) is 23.4 Å². The lowest BCUT2D eigenvalue weighted by Crippen LogP contribution is -2.28. The zero-order valence-electron chi connectivity index (χ0n) is 19.2. The van der Waals surface area contributed by atoms with Gasteiger partial charge in [0.25, 0.3) is 5.91 Å². The molecule has 1 aromatic heterocycles. The highest BCUT2D eigenvalue weighted by Gasteiger charge is 2.28. The number of rotatable bonds is 9. The second-order valence-corrected chi connectivity index (χ2v) is 9.77. The number of thiophene rings is 1. The molecule has 1 saturated carbocycles. The molecule has 2 N–H and O–H groups in total. The third kappa shape index (κ3) is 5.70. The summed E-state index contributed by atoms with van der Waals surface area (Å²) in [7, 11) is 0. The van der Waals surface area contributed by atoms with Crippen LogP contribution in [0.4, 0.5) is 13.2 Å². The van der Waals surface area contributed by atoms with Gasteiger partial charge >= 0.3 is 5.97 Å². The van der Waals surface area contributed by atoms with Gasteiger partial charge in [0.2, 0.25) is 5.82 Å². The van der Waals surface area contributed by atoms with Gasteiger partial charge in [-0.15, -0.1) is 11.3 Å². The van der Waals surface area contributed by atoms with Crippen LogP contribution in [0.5, 0.6) is 5.75 Å². The van der Waals surface area contributed by atoms with Crippen LogP contribution in [-0.2, 0) is 4.79 Å². The molecule has 6 nitrogen and oxygen atoms in total. The Morgan fingerprint density at radius 2 is 1.78 bits per heavy atom. The highest BCUT2D eigenvalue weighted by atomic mass is 32.1. The summed E-state index contributed by atoms with van der Waals surface area (Å²) in [5.74, 6) is -5.61. The largest absolute Gasteiger partial charge is 0.487 e. The van der Waals surface area contributed by atoms with E-state index < -0.39 is 52.7 Å². The van der Waals surface area contributed by atoms with E-state index in [1.54, 1.807) is 18.2 Å². The van der Waals surface area contributed by atoms with Crippen LogP contribution in [0.25, 0.3) is 10.1 Å². The molecule has 190 valence electrons. The van der Waals surface area contributed by atoms with Crippen molar-refractivity contribution in [1.82, 2.24) is 5.32 Å². The van der Waals surface area contributed by atoms with Crippen LogP contribution in [0.2, 0.25) is 0 Å². The van der Waals surface area contributed by atoms with Gasteiger partial charge in [-0.05, 0) is 61.8 Å². The van der Waals surface area contributed by atoms with Gasteiger partial charge < -0.3 is 15.2 Å². The van der Waals surface area contributed by atoms with E-state index in [-0.39, 0.29) is 25.1 Å². The molecule has 1 aliphatic rings. The van der Waals surface area contributed by atoms with E-state index in [4.69, 9.17) is 9.84 Å². The van der Waals surface area contributed by atoms with Crippen molar-refractivity contribution in [3.63, 3.8) is 0 Å². The minimum Gasteiger partial charge on any atom is -0.487 e. The lowest BCUT2D eigenvalue weighted by Gasteiger charge is -2.27. The zero-order chi connectivity index (χ0) is 25.8. The average molecular weight is 520 g/mol. The SMILES string of the molecule is O=C(NCCCC(=O)c1ccc(OC2CCC(C(=O)O)CC2)c(F)c1F)c1cc2cccc(F)c2s1. The number of hydrogen-bond acceptors (Lipinski definition) is 5. The van der Waals surface area contributed by atoms with Gasteiger partial charge in [-0.2, -0.15) is 4.39 Å². The number of fused-ring (bicyclic) bond motifs is 1. The summed E-state index contributed by atoms with van der Waals surface area (Å²) in [4.78, 5) is 36.1. The molecule has 1 amide bonds. The summed E-state index contributed by atoms with van der Waals surface area (Å²) < 4.78 is 48.9. The van der Waals surface area contributed by atoms with Gasteiger partial charge in [0.05, 0.1) is 27.2 Å². The Labute approximate surface area is 209 Å². The van der Waals surface area contributed by atoms with Crippen molar-refractivity contribution in [2.24, 2.45) is 5.92 Å². The Kier molecular flexibility index (Phi) is 7.93. The van der Waals surface area contributed by atoms with Crippen LogP contribution >= 0.6 is 11.3 Å². The number of ketones is 1. The van der Waals surface area contributed by atoms with Crippen LogP contribution in [-0.4, -0.2) is 35.4 Å². The molecule has 1 heterocycles. The molecule has 36 heavy (non-hydrogen) atoms. The molecule has 4 rings (SSSR count). The second-order valence-electron chi connectivity index (χ2n) is 8.72. The summed E-state index contributed by atoms with van der Waals surface area (Å²) in [6.45, 7) is 0.131. The Balaban J connectivity index is 1.28. The lowest BCUT2D eigenvalue weighted by atomic mass is 9.87. The summed E-state index contributed by atoms with van der Waals surface area (Å²) in [5, 5.41) is 12.3. The normalized spacial score (nSPS) is 17.6. The van der Waals surface area contributed by atoms with Crippen LogP contribution < -0.4 is 10.1 Å². The van der Waals surface area contributed by atoms with Gasteiger partial charge in [-0.25, -0.2) is 8.78 Å². The summed E-state index contributed by atoms with van der Waals surface area (Å²) in [6.07, 6.45) is 1.31. The molecule has 0 unspecified atom stereocenters. The van der Waals surface area contributed by atoms with E-state index >= 15 is 0 Å². The van der Waals surface area contributed by atoms with Crippen molar-refractivity contribution in [2.75, 3.05) is 6.54 Å². The van der Waals surface area contributed by atoms with Crippen LogP contribution in [0.3, 0.4) is 0 Å². The number of amides is 1. The number of nitrogens with one attached hydrogen (secondary N) is 1. The molecule has 1 aliphatic carbocycles. The lowest BCUT2D eigenvalue weighted by molar-refractivity contribution is -0.143. The van der Waals surface area contributed by atoms with E-state index in [0.717, 1.165) is 11.3 Å². The molecule has 0 bridgehead atoms. The number of hydrogen-bond donors (Lipinski definition) is 2. The molecule has 3 aromatic rings. The van der Waals surface area contributed by atoms with E-state index in [2.05, 4.69) is 5.32 Å². The van der Waals surface area contributed by atoms with E-state index in [1.807, 2.05) is 0 Å². The second kappa shape index (κ2) is 11.1. The number of carboxylic acids is 1. The topological polar surface area (TPSA) is 92.7 Å². The van der Waals surface area contributed by atoms with Crippen molar-refractivity contribution < 1.29 is 37.4 Å². The number of carbonyl (C=O) groups excluding carboxylic acids is 2. The van der Waals surface area contributed by atoms with E-state index in [1.165, 1.54) is 18.2 Å². The molecular formula is C26H24F3NO5S. The number of Topliss-reactive ketones (excluding diaryl/α,β-unsaturated/α-hetero) is 1. The maximum absolute atomic E-state index is 14.6. The molecule has 0 radical (unpaired) electrons. The molecule has 0 aliphatic heterocycles. The predicted octanol–water partition coefficient (Wildman–Crippen LogP) is 5.73. The summed E-state index contributed by atoms with van der Waals surface area (Å²) >= 11 is 1.03. The van der Waals surface area contributed by atoms with Crippen LogP contribution in [0.1, 0.15) is 58.6 Å². The fourth-order valence-corrected chi connectivity index (χ4v) is 5.24. The third-order valence-electron chi connectivity index (χ3n) is 6.25. The standard InChI is InChI=1S/C26H24F3NO5S/c27-18-4-1-3-15-13-21(36-24(15)18)25(32)30-12-2-5-19(31)17-10-11-20(23(29)22(17)28)35-16-8-6-14(7-9-16)26(33)34/h1,3-4,10-11,13-14,16H,2,5-9,12H2,(H,30,32)(H,33,34). The van der Waals surface area contributed by atoms with Crippen molar-refractivity contribution >= 4 is 39.1 Å². The fourth-order valence-electron chi connectivity index (χ4n) is 4.26. The molecule has 0 saturated heterocycles. The number of carboxylic acid groups (broad SMARTS) is 1. The van der Waals surface area contributed by atoms with E-state index in [9.17, 15) is 27.6 Å². The number of aliphatic carboxylic acids is 1. The van der Waals surface area contributed by atoms with Crippen LogP contribution in [0.15, 0.2) is 36.4 Å². The first-order valence-electron chi connectivity index (χ1n) is 11.6. The highest BCUT2D eigenvalue weighted by molar-refractivity contribution is 7.20. The maximum atomic E-state index is 14.6. The molecule has 0 spiro atoms. The first-order chi connectivity index (χ1) is 17.2. The Morgan fingerprint density at radius 1 is 1.03 bits per heavy atom. The predicted molar refractivity (Wildman–Crippen MR) is 128 cm³/mol. The average Bonchev–Trinajstić information content (AvgIpc) is 3.31. The number of benzene rings is 2. The van der Waals surface area contributed by atoms with Crippen molar-refractivity contribution in [2.45, 2.75) is 44.6 Å². The quantitative estimate of drug-likeness (QED) is 0.278. The van der Waals surface area contributed by atoms with Gasteiger partial charge in [0.1, 0.15) is 5.82 Å². The monoisotopic (exact) mass is 519 g/mol. The molecular weight excluding hydrogens is 495 g/mol. The summed E-state index contributed by atoms with van der Waals surface area (Å²) in [5.41, 5.74) is -0.402. The molecule has 10 heteroatoms. The van der Waals surface area contributed by atoms with Gasteiger partial charge in [0.15, 0.2) is 17.3 Å². The Morgan fingerprint density at radius 3 is 2.47 bits per heavy atom. The van der Waals surface area contributed by atoms with Gasteiger partial charge in [-0.3, -0.25) is 14.4 Å². The molecule has 0 atom stereocenters. The van der Waals surface area contributed by atoms with Crippen molar-refractivity contribution in [3.05, 3.63) is 64.3 Å². The Bertz CT molecular complexity index is 1300. The minimum atomic E-state index is -1.30. The van der Waals surface area contributed by atoms with Crippen molar-refractivity contribution in [3.8, 4) is 5.75 Å². The smallest absolute Gasteiger partial charge is 0.306 e. The summed E-state index contributed by atoms with van der Waals surface area (Å²) in [6, 6.07) is 8.55. The zero-order valence-corrected chi connectivity index (χ0v) is 20.0. The fraction of sp³-hybridized carbons (Fsp3) is 0.346. The van der Waals surface area contributed by atoms with Crippen molar-refractivity contribution in [1.29, 1.82) is 0 Å². The minimum absolute atomic E-state index is 0.114. The molecule has 1 fully saturated rings. The van der Waals surface area contributed by atoms with Gasteiger partial charge in [0, 0.05) is 13.0 Å². The molecule has 2 aromatic carbocycles. The number of carbonyl (C=O) groups is 3. The number of halogens is 3. The van der Waals surface area contributed by atoms with E-state index in [0.29, 0.717) is 40.6 Å². The first kappa shape index (κ1) is 25.7. The first-order valence-corrected chi connectivity index (χ1v) is 12.4. The highest BCUT2D eigenvalue weighted by Crippen LogP contribution is 2.31. The third-order valence-corrected chi connectivity index (χ3v) is 7.41. The maximum Gasteiger partial charge on any atom is 0.306 e. The number of ether oxygens (including phenoxy) is 1. The Hall–Kier alpha value is -3.40.